The molecule has 0 saturated carbocycles. The maximum Gasteiger partial charge on any atom is 0.323 e. The normalized spacial score (nSPS) is 21.1. The quantitative estimate of drug-likeness (QED) is 0.537. The molecular weight excluding hydrogens is 196 g/mol. The molecule has 80 valence electrons. The maximum absolute atomic E-state index is 11.4. The highest BCUT2D eigenvalue weighted by Crippen LogP contribution is 2.28. The Kier molecular flexibility index (Phi) is 2.30. The summed E-state index contributed by atoms with van der Waals surface area (Å²) < 4.78 is 6.25. The van der Waals surface area contributed by atoms with E-state index in [2.05, 4.69) is 9.84 Å². The lowest BCUT2D eigenvalue weighted by molar-refractivity contribution is -0.152. The van der Waals surface area contributed by atoms with E-state index in [1.54, 1.807) is 16.9 Å². The number of hydrogen-bond acceptors (Lipinski definition) is 4. The predicted molar refractivity (Wildman–Crippen MR) is 51.1 cm³/mol. The van der Waals surface area contributed by atoms with Gasteiger partial charge in [-0.15, -0.1) is 0 Å². The molecule has 1 aliphatic heterocycles. The molecule has 0 aliphatic carbocycles. The molecular formula is C10H12N2O3. The van der Waals surface area contributed by atoms with Crippen molar-refractivity contribution in [2.45, 2.75) is 32.2 Å². The SMILES string of the molecule is CC(C)n1nccc1C1CC(=O)OC1=O. The summed E-state index contributed by atoms with van der Waals surface area (Å²) in [5.74, 6) is -1.41. The van der Waals surface area contributed by atoms with Crippen molar-refractivity contribution >= 4 is 11.9 Å². The number of rotatable bonds is 2. The van der Waals surface area contributed by atoms with E-state index in [-0.39, 0.29) is 12.5 Å². The van der Waals surface area contributed by atoms with Crippen molar-refractivity contribution in [2.24, 2.45) is 0 Å². The summed E-state index contributed by atoms with van der Waals surface area (Å²) in [6.07, 6.45) is 1.75. The molecule has 0 radical (unpaired) electrons. The average molecular weight is 208 g/mol. The molecule has 1 aromatic heterocycles. The second-order valence-electron chi connectivity index (χ2n) is 3.84. The number of carbonyl (C=O) groups excluding carboxylic acids is 2. The van der Waals surface area contributed by atoms with Crippen LogP contribution in [0, 0.1) is 0 Å². The minimum absolute atomic E-state index is 0.122. The Labute approximate surface area is 87.0 Å². The fourth-order valence-corrected chi connectivity index (χ4v) is 1.73. The molecule has 2 rings (SSSR count). The second kappa shape index (κ2) is 3.49. The van der Waals surface area contributed by atoms with Gasteiger partial charge in [0.05, 0.1) is 12.1 Å². The lowest BCUT2D eigenvalue weighted by atomic mass is 10.0. The number of cyclic esters (lactones) is 2. The first-order valence-electron chi connectivity index (χ1n) is 4.87. The summed E-state index contributed by atoms with van der Waals surface area (Å²) >= 11 is 0. The van der Waals surface area contributed by atoms with Crippen LogP contribution in [0.3, 0.4) is 0 Å². The molecule has 0 spiro atoms. The van der Waals surface area contributed by atoms with Gasteiger partial charge in [-0.2, -0.15) is 5.10 Å². The van der Waals surface area contributed by atoms with E-state index in [4.69, 9.17) is 0 Å². The Balaban J connectivity index is 2.33. The van der Waals surface area contributed by atoms with Crippen molar-refractivity contribution in [3.63, 3.8) is 0 Å². The predicted octanol–water partition coefficient (Wildman–Crippen LogP) is 1.02. The van der Waals surface area contributed by atoms with E-state index in [0.29, 0.717) is 0 Å². The molecule has 1 saturated heterocycles. The van der Waals surface area contributed by atoms with Crippen molar-refractivity contribution < 1.29 is 14.3 Å². The molecule has 15 heavy (non-hydrogen) atoms. The fourth-order valence-electron chi connectivity index (χ4n) is 1.73. The van der Waals surface area contributed by atoms with E-state index in [1.807, 2.05) is 13.8 Å². The molecule has 1 fully saturated rings. The average Bonchev–Trinajstić information content (AvgIpc) is 2.71. The number of nitrogens with zero attached hydrogens (tertiary/aromatic N) is 2. The van der Waals surface area contributed by atoms with Crippen LogP contribution >= 0.6 is 0 Å². The molecule has 0 amide bonds. The van der Waals surface area contributed by atoms with E-state index in [0.717, 1.165) is 5.69 Å². The summed E-state index contributed by atoms with van der Waals surface area (Å²) in [4.78, 5) is 22.3. The van der Waals surface area contributed by atoms with Crippen LogP contribution in [0.25, 0.3) is 0 Å². The number of ether oxygens (including phenoxy) is 1. The van der Waals surface area contributed by atoms with Gasteiger partial charge in [-0.3, -0.25) is 14.3 Å². The summed E-state index contributed by atoms with van der Waals surface area (Å²) in [6, 6.07) is 1.92. The van der Waals surface area contributed by atoms with Crippen LogP contribution in [0.1, 0.15) is 37.9 Å². The van der Waals surface area contributed by atoms with Gasteiger partial charge < -0.3 is 4.74 Å². The van der Waals surface area contributed by atoms with Crippen molar-refractivity contribution in [1.29, 1.82) is 0 Å². The van der Waals surface area contributed by atoms with Crippen LogP contribution < -0.4 is 0 Å². The van der Waals surface area contributed by atoms with Crippen LogP contribution in [0.5, 0.6) is 0 Å². The van der Waals surface area contributed by atoms with Gasteiger partial charge >= 0.3 is 11.9 Å². The monoisotopic (exact) mass is 208 g/mol. The molecule has 0 N–H and O–H groups in total. The Bertz CT molecular complexity index is 409. The zero-order valence-electron chi connectivity index (χ0n) is 8.64. The van der Waals surface area contributed by atoms with Crippen LogP contribution in [-0.2, 0) is 14.3 Å². The first-order chi connectivity index (χ1) is 7.09. The maximum atomic E-state index is 11.4. The highest BCUT2D eigenvalue weighted by atomic mass is 16.6. The molecule has 1 aliphatic rings. The molecule has 2 heterocycles. The summed E-state index contributed by atoms with van der Waals surface area (Å²) in [5.41, 5.74) is 0.751. The first-order valence-corrected chi connectivity index (χ1v) is 4.87. The Morgan fingerprint density at radius 2 is 2.27 bits per heavy atom. The zero-order valence-corrected chi connectivity index (χ0v) is 8.64. The zero-order chi connectivity index (χ0) is 11.0. The van der Waals surface area contributed by atoms with Crippen molar-refractivity contribution in [2.75, 3.05) is 0 Å². The van der Waals surface area contributed by atoms with Gasteiger partial charge in [-0.25, -0.2) is 0 Å². The van der Waals surface area contributed by atoms with Crippen molar-refractivity contribution in [3.8, 4) is 0 Å². The minimum atomic E-state index is -0.484. The number of hydrogen-bond donors (Lipinski definition) is 0. The smallest absolute Gasteiger partial charge is 0.323 e. The molecule has 5 heteroatoms. The van der Waals surface area contributed by atoms with Gasteiger partial charge in [0.1, 0.15) is 5.92 Å². The lowest BCUT2D eigenvalue weighted by Crippen LogP contribution is -2.14. The van der Waals surface area contributed by atoms with Crippen LogP contribution in [0.4, 0.5) is 0 Å². The third kappa shape index (κ3) is 1.65. The molecule has 0 aromatic carbocycles. The second-order valence-corrected chi connectivity index (χ2v) is 3.84. The third-order valence-corrected chi connectivity index (χ3v) is 2.42. The third-order valence-electron chi connectivity index (χ3n) is 2.42. The molecule has 0 bridgehead atoms. The standard InChI is InChI=1S/C10H12N2O3/c1-6(2)12-8(3-4-11-12)7-5-9(13)15-10(7)14/h3-4,6-7H,5H2,1-2H3. The van der Waals surface area contributed by atoms with Crippen LogP contribution in [0.15, 0.2) is 12.3 Å². The Morgan fingerprint density at radius 1 is 1.53 bits per heavy atom. The van der Waals surface area contributed by atoms with E-state index < -0.39 is 17.9 Å². The summed E-state index contributed by atoms with van der Waals surface area (Å²) in [7, 11) is 0. The summed E-state index contributed by atoms with van der Waals surface area (Å²) in [6.45, 7) is 3.94. The molecule has 1 unspecified atom stereocenters. The van der Waals surface area contributed by atoms with E-state index in [1.165, 1.54) is 0 Å². The highest BCUT2D eigenvalue weighted by Gasteiger charge is 2.36. The van der Waals surface area contributed by atoms with Gasteiger partial charge in [-0.1, -0.05) is 0 Å². The van der Waals surface area contributed by atoms with Crippen LogP contribution in [0.2, 0.25) is 0 Å². The molecule has 1 atom stereocenters. The van der Waals surface area contributed by atoms with Gasteiger partial charge in [0.2, 0.25) is 0 Å². The van der Waals surface area contributed by atoms with Gasteiger partial charge in [-0.05, 0) is 19.9 Å². The van der Waals surface area contributed by atoms with E-state index >= 15 is 0 Å². The number of carbonyl (C=O) groups is 2. The fraction of sp³-hybridized carbons (Fsp3) is 0.500. The van der Waals surface area contributed by atoms with Gasteiger partial charge in [0.15, 0.2) is 0 Å². The number of esters is 2. The minimum Gasteiger partial charge on any atom is -0.393 e. The first kappa shape index (κ1) is 9.89. The van der Waals surface area contributed by atoms with Gasteiger partial charge in [0, 0.05) is 12.2 Å². The lowest BCUT2D eigenvalue weighted by Gasteiger charge is -2.12. The van der Waals surface area contributed by atoms with Crippen molar-refractivity contribution in [3.05, 3.63) is 18.0 Å². The highest BCUT2D eigenvalue weighted by molar-refractivity contribution is 5.97. The van der Waals surface area contributed by atoms with Crippen LogP contribution in [-0.4, -0.2) is 21.7 Å². The topological polar surface area (TPSA) is 61.2 Å². The largest absolute Gasteiger partial charge is 0.393 e. The van der Waals surface area contributed by atoms with Gasteiger partial charge in [0.25, 0.3) is 0 Å². The molecule has 5 nitrogen and oxygen atoms in total. The summed E-state index contributed by atoms with van der Waals surface area (Å²) in [5, 5.41) is 4.12. The Morgan fingerprint density at radius 3 is 2.80 bits per heavy atom. The Hall–Kier alpha value is -1.65. The number of aromatic nitrogens is 2. The van der Waals surface area contributed by atoms with E-state index in [9.17, 15) is 9.59 Å². The molecule has 1 aromatic rings. The van der Waals surface area contributed by atoms with Crippen molar-refractivity contribution in [1.82, 2.24) is 9.78 Å².